The average molecular weight is 464 g/mol. The first-order valence-corrected chi connectivity index (χ1v) is 11.4. The smallest absolute Gasteiger partial charge is 0.297 e. The Balaban J connectivity index is 1.31. The Morgan fingerprint density at radius 3 is 2.82 bits per heavy atom. The van der Waals surface area contributed by atoms with Gasteiger partial charge in [0.15, 0.2) is 0 Å². The van der Waals surface area contributed by atoms with Crippen LogP contribution >= 0.6 is 11.6 Å². The topological polar surface area (TPSA) is 102 Å². The van der Waals surface area contributed by atoms with Gasteiger partial charge >= 0.3 is 0 Å². The highest BCUT2D eigenvalue weighted by molar-refractivity contribution is 6.31. The molecule has 1 N–H and O–H groups in total. The molecule has 4 aromatic rings. The van der Waals surface area contributed by atoms with Crippen molar-refractivity contribution in [3.05, 3.63) is 59.5 Å². The van der Waals surface area contributed by atoms with Crippen molar-refractivity contribution in [3.63, 3.8) is 0 Å². The number of oxazole rings is 1. The van der Waals surface area contributed by atoms with Crippen molar-refractivity contribution in [3.8, 4) is 5.69 Å². The summed E-state index contributed by atoms with van der Waals surface area (Å²) in [5.74, 6) is 0.882. The molecule has 2 saturated heterocycles. The van der Waals surface area contributed by atoms with Crippen LogP contribution in [0.15, 0.2) is 53.3 Å². The summed E-state index contributed by atoms with van der Waals surface area (Å²) in [5.41, 5.74) is 2.29. The second-order valence-corrected chi connectivity index (χ2v) is 9.17. The lowest BCUT2D eigenvalue weighted by molar-refractivity contribution is -0.0503. The normalized spacial score (nSPS) is 24.0. The maximum absolute atomic E-state index is 13.9. The fourth-order valence-corrected chi connectivity index (χ4v) is 5.27. The Morgan fingerprint density at radius 1 is 1.21 bits per heavy atom. The monoisotopic (exact) mass is 463 g/mol. The number of carbonyl (C=O) groups excluding carboxylic acids is 1. The van der Waals surface area contributed by atoms with E-state index < -0.39 is 0 Å². The van der Waals surface area contributed by atoms with Gasteiger partial charge in [0.2, 0.25) is 5.71 Å². The van der Waals surface area contributed by atoms with Crippen LogP contribution in [0.3, 0.4) is 0 Å². The van der Waals surface area contributed by atoms with E-state index in [1.165, 1.54) is 4.80 Å². The number of hydrogen-bond acceptors (Lipinski definition) is 7. The molecule has 0 spiro atoms. The Hall–Kier alpha value is -3.46. The van der Waals surface area contributed by atoms with E-state index in [-0.39, 0.29) is 18.0 Å². The standard InChI is InChI=1S/C23H22ClN7O2/c1-13-14-9-16(10-14)30(20(13)12-26-23-29-18-3-2-6-25-21(18)33-23)22(32)17-11-15(24)4-5-19(17)31-27-7-8-28-31/h2-8,11,13-14,16,20H,9-10,12H2,1H3,(H,26,29)/t13-,14?,16?,20-/m1/s1. The van der Waals surface area contributed by atoms with Crippen LogP contribution < -0.4 is 5.32 Å². The molecule has 7 rings (SSSR count). The van der Waals surface area contributed by atoms with Gasteiger partial charge in [-0.3, -0.25) is 4.79 Å². The Morgan fingerprint density at radius 2 is 2.03 bits per heavy atom. The highest BCUT2D eigenvalue weighted by Crippen LogP contribution is 2.47. The van der Waals surface area contributed by atoms with E-state index >= 15 is 0 Å². The number of benzene rings is 1. The number of carbonyl (C=O) groups is 1. The van der Waals surface area contributed by atoms with E-state index in [0.717, 1.165) is 12.8 Å². The lowest BCUT2D eigenvalue weighted by Gasteiger charge is -2.57. The number of anilines is 1. The number of halogens is 1. The van der Waals surface area contributed by atoms with Gasteiger partial charge in [-0.15, -0.1) is 0 Å². The second-order valence-electron chi connectivity index (χ2n) is 8.73. The van der Waals surface area contributed by atoms with Crippen molar-refractivity contribution in [1.29, 1.82) is 0 Å². The van der Waals surface area contributed by atoms with Crippen molar-refractivity contribution in [2.24, 2.45) is 11.8 Å². The quantitative estimate of drug-likeness (QED) is 0.480. The number of piperidine rings is 2. The number of rotatable bonds is 5. The van der Waals surface area contributed by atoms with E-state index in [1.54, 1.807) is 36.8 Å². The van der Waals surface area contributed by atoms with Crippen LogP contribution in [0.1, 0.15) is 30.1 Å². The predicted molar refractivity (Wildman–Crippen MR) is 122 cm³/mol. The highest BCUT2D eigenvalue weighted by atomic mass is 35.5. The summed E-state index contributed by atoms with van der Waals surface area (Å²) in [5, 5.41) is 12.2. The van der Waals surface area contributed by atoms with E-state index in [0.29, 0.717) is 51.9 Å². The van der Waals surface area contributed by atoms with Gasteiger partial charge in [0.1, 0.15) is 5.52 Å². The molecule has 3 fully saturated rings. The minimum atomic E-state index is -0.0640. The van der Waals surface area contributed by atoms with Crippen LogP contribution in [0.2, 0.25) is 5.02 Å². The van der Waals surface area contributed by atoms with Crippen molar-refractivity contribution in [2.45, 2.75) is 31.8 Å². The van der Waals surface area contributed by atoms with Gasteiger partial charge in [0.05, 0.1) is 29.7 Å². The van der Waals surface area contributed by atoms with Crippen LogP contribution in [-0.2, 0) is 0 Å². The first kappa shape index (κ1) is 20.2. The molecule has 3 aliphatic rings. The van der Waals surface area contributed by atoms with Crippen LogP contribution in [0.4, 0.5) is 6.01 Å². The lowest BCUT2D eigenvalue weighted by Crippen LogP contribution is -2.64. The Kier molecular flexibility index (Phi) is 4.79. The second kappa shape index (κ2) is 7.84. The summed E-state index contributed by atoms with van der Waals surface area (Å²) in [6, 6.07) is 9.50. The van der Waals surface area contributed by atoms with Gasteiger partial charge in [-0.05, 0) is 55.0 Å². The molecule has 0 radical (unpaired) electrons. The molecule has 2 bridgehead atoms. The summed E-state index contributed by atoms with van der Waals surface area (Å²) >= 11 is 6.29. The molecule has 168 valence electrons. The zero-order valence-corrected chi connectivity index (χ0v) is 18.7. The maximum Gasteiger partial charge on any atom is 0.297 e. The van der Waals surface area contributed by atoms with E-state index in [1.807, 2.05) is 17.0 Å². The van der Waals surface area contributed by atoms with Crippen molar-refractivity contribution in [2.75, 3.05) is 11.9 Å². The van der Waals surface area contributed by atoms with Gasteiger partial charge < -0.3 is 14.6 Å². The number of nitrogens with one attached hydrogen (secondary N) is 1. The molecule has 2 atom stereocenters. The average Bonchev–Trinajstić information content (AvgIpc) is 3.46. The van der Waals surface area contributed by atoms with Gasteiger partial charge in [0.25, 0.3) is 11.9 Å². The van der Waals surface area contributed by atoms with Crippen molar-refractivity contribution >= 4 is 34.8 Å². The summed E-state index contributed by atoms with van der Waals surface area (Å²) in [6.07, 6.45) is 6.89. The van der Waals surface area contributed by atoms with E-state index in [2.05, 4.69) is 32.4 Å². The SMILES string of the molecule is C[C@@H]1C2CC(C2)N(C(=O)c2cc(Cl)ccc2-n2nccn2)[C@@H]1CNc1nc2cccnc2o1. The Bertz CT molecular complexity index is 1280. The molecule has 33 heavy (non-hydrogen) atoms. The fourth-order valence-electron chi connectivity index (χ4n) is 5.10. The van der Waals surface area contributed by atoms with Gasteiger partial charge in [-0.1, -0.05) is 18.5 Å². The number of hydrogen-bond donors (Lipinski definition) is 1. The zero-order chi connectivity index (χ0) is 22.5. The molecule has 5 heterocycles. The van der Waals surface area contributed by atoms with Gasteiger partial charge in [-0.25, -0.2) is 4.98 Å². The van der Waals surface area contributed by atoms with Gasteiger partial charge in [-0.2, -0.15) is 20.0 Å². The fraction of sp³-hybridized carbons (Fsp3) is 0.348. The molecule has 2 aliphatic heterocycles. The zero-order valence-electron chi connectivity index (χ0n) is 17.9. The largest absolute Gasteiger partial charge is 0.404 e. The summed E-state index contributed by atoms with van der Waals surface area (Å²) < 4.78 is 5.72. The summed E-state index contributed by atoms with van der Waals surface area (Å²) in [7, 11) is 0. The summed E-state index contributed by atoms with van der Waals surface area (Å²) in [6.45, 7) is 2.75. The Labute approximate surface area is 194 Å². The van der Waals surface area contributed by atoms with Crippen LogP contribution in [0, 0.1) is 11.8 Å². The molecule has 1 aromatic carbocycles. The maximum atomic E-state index is 13.9. The number of nitrogens with zero attached hydrogens (tertiary/aromatic N) is 6. The lowest BCUT2D eigenvalue weighted by atomic mass is 9.64. The minimum absolute atomic E-state index is 0.0182. The molecule has 1 saturated carbocycles. The number of fused-ring (bicyclic) bond motifs is 3. The highest BCUT2D eigenvalue weighted by Gasteiger charge is 2.50. The minimum Gasteiger partial charge on any atom is -0.404 e. The molecule has 1 amide bonds. The van der Waals surface area contributed by atoms with Crippen LogP contribution in [-0.4, -0.2) is 54.4 Å². The third-order valence-electron chi connectivity index (χ3n) is 6.94. The molecule has 9 nitrogen and oxygen atoms in total. The predicted octanol–water partition coefficient (Wildman–Crippen LogP) is 3.81. The van der Waals surface area contributed by atoms with Crippen LogP contribution in [0.25, 0.3) is 16.9 Å². The number of aromatic nitrogens is 5. The van der Waals surface area contributed by atoms with E-state index in [9.17, 15) is 4.79 Å². The molecular weight excluding hydrogens is 442 g/mol. The third kappa shape index (κ3) is 3.43. The summed E-state index contributed by atoms with van der Waals surface area (Å²) in [4.78, 5) is 26.1. The van der Waals surface area contributed by atoms with Gasteiger partial charge in [0, 0.05) is 23.8 Å². The van der Waals surface area contributed by atoms with Crippen molar-refractivity contribution in [1.82, 2.24) is 29.9 Å². The molecule has 3 aromatic heterocycles. The van der Waals surface area contributed by atoms with Crippen LogP contribution in [0.5, 0.6) is 0 Å². The number of amides is 1. The first-order valence-electron chi connectivity index (χ1n) is 11.0. The number of pyridine rings is 1. The van der Waals surface area contributed by atoms with E-state index in [4.69, 9.17) is 16.0 Å². The molecule has 0 unspecified atom stereocenters. The van der Waals surface area contributed by atoms with Crippen molar-refractivity contribution < 1.29 is 9.21 Å². The molecule has 1 aliphatic carbocycles. The third-order valence-corrected chi connectivity index (χ3v) is 7.17. The first-order chi connectivity index (χ1) is 16.1. The molecular formula is C23H22ClN7O2. The molecule has 10 heteroatoms.